The molecule has 1 saturated heterocycles. The lowest BCUT2D eigenvalue weighted by atomic mass is 9.69. The summed E-state index contributed by atoms with van der Waals surface area (Å²) in [6.45, 7) is 2.57. The number of benzene rings is 1. The highest BCUT2D eigenvalue weighted by Gasteiger charge is 2.41. The Hall–Kier alpha value is -1.35. The summed E-state index contributed by atoms with van der Waals surface area (Å²) < 4.78 is 5.54. The molecule has 0 aromatic heterocycles. The third kappa shape index (κ3) is 2.27. The van der Waals surface area contributed by atoms with Gasteiger partial charge in [0.25, 0.3) is 0 Å². The number of rotatable bonds is 2. The summed E-state index contributed by atoms with van der Waals surface area (Å²) in [6.07, 6.45) is 3.67. The van der Waals surface area contributed by atoms with Crippen LogP contribution in [-0.2, 0) is 16.1 Å². The minimum Gasteiger partial charge on any atom is -0.371 e. The summed E-state index contributed by atoms with van der Waals surface area (Å²) in [7, 11) is 0. The van der Waals surface area contributed by atoms with E-state index in [1.807, 2.05) is 23.1 Å². The maximum absolute atomic E-state index is 12.0. The first-order valence-electron chi connectivity index (χ1n) is 6.67. The van der Waals surface area contributed by atoms with Crippen LogP contribution in [0.3, 0.4) is 0 Å². The van der Waals surface area contributed by atoms with E-state index in [0.717, 1.165) is 13.2 Å². The third-order valence-electron chi connectivity index (χ3n) is 4.14. The number of amides is 1. The molecular formula is C15H19NO2. The lowest BCUT2D eigenvalue weighted by molar-refractivity contribution is -0.134. The Labute approximate surface area is 108 Å². The normalized spacial score (nSPS) is 22.7. The molecule has 0 atom stereocenters. The maximum atomic E-state index is 12.0. The fraction of sp³-hybridized carbons (Fsp3) is 0.533. The predicted octanol–water partition coefficient (Wildman–Crippen LogP) is 2.22. The first kappa shape index (κ1) is 11.7. The molecular weight excluding hydrogens is 226 g/mol. The quantitative estimate of drug-likeness (QED) is 0.799. The van der Waals surface area contributed by atoms with E-state index in [9.17, 15) is 4.79 Å². The van der Waals surface area contributed by atoms with Crippen molar-refractivity contribution in [2.24, 2.45) is 5.41 Å². The zero-order valence-corrected chi connectivity index (χ0v) is 10.6. The van der Waals surface area contributed by atoms with Crippen molar-refractivity contribution in [1.29, 1.82) is 0 Å². The number of nitrogens with zero attached hydrogens (tertiary/aromatic N) is 1. The Morgan fingerprint density at radius 1 is 1.22 bits per heavy atom. The zero-order chi connectivity index (χ0) is 12.4. The van der Waals surface area contributed by atoms with Crippen LogP contribution in [-0.4, -0.2) is 30.6 Å². The monoisotopic (exact) mass is 245 g/mol. The van der Waals surface area contributed by atoms with Crippen LogP contribution in [0.15, 0.2) is 30.3 Å². The third-order valence-corrected chi connectivity index (χ3v) is 4.14. The van der Waals surface area contributed by atoms with E-state index in [0.29, 0.717) is 6.54 Å². The van der Waals surface area contributed by atoms with Gasteiger partial charge in [0.15, 0.2) is 0 Å². The Morgan fingerprint density at radius 2 is 2.00 bits per heavy atom. The maximum Gasteiger partial charge on any atom is 0.248 e. The van der Waals surface area contributed by atoms with Gasteiger partial charge in [-0.3, -0.25) is 4.79 Å². The molecule has 2 fully saturated rings. The number of carbonyl (C=O) groups is 1. The predicted molar refractivity (Wildman–Crippen MR) is 69.0 cm³/mol. The smallest absolute Gasteiger partial charge is 0.248 e. The summed E-state index contributed by atoms with van der Waals surface area (Å²) in [5.41, 5.74) is 1.45. The molecule has 3 heteroatoms. The Morgan fingerprint density at radius 3 is 2.67 bits per heavy atom. The fourth-order valence-electron chi connectivity index (χ4n) is 2.91. The van der Waals surface area contributed by atoms with Crippen LogP contribution < -0.4 is 0 Å². The fourth-order valence-corrected chi connectivity index (χ4v) is 2.91. The zero-order valence-electron chi connectivity index (χ0n) is 10.6. The second kappa shape index (κ2) is 4.73. The van der Waals surface area contributed by atoms with Crippen molar-refractivity contribution in [2.45, 2.75) is 25.8 Å². The number of carbonyl (C=O) groups excluding carboxylic acids is 1. The molecule has 1 saturated carbocycles. The lowest BCUT2D eigenvalue weighted by Crippen LogP contribution is -2.44. The highest BCUT2D eigenvalue weighted by molar-refractivity contribution is 5.77. The summed E-state index contributed by atoms with van der Waals surface area (Å²) in [6, 6.07) is 10.2. The molecule has 1 heterocycles. The van der Waals surface area contributed by atoms with E-state index in [2.05, 4.69) is 12.1 Å². The van der Waals surface area contributed by atoms with Crippen LogP contribution in [0.25, 0.3) is 0 Å². The first-order chi connectivity index (χ1) is 8.77. The minimum atomic E-state index is 0.127. The van der Waals surface area contributed by atoms with Crippen molar-refractivity contribution in [3.8, 4) is 0 Å². The molecule has 3 rings (SSSR count). The highest BCUT2D eigenvalue weighted by atomic mass is 16.5. The Kier molecular flexibility index (Phi) is 3.08. The van der Waals surface area contributed by atoms with Crippen molar-refractivity contribution in [3.63, 3.8) is 0 Å². The molecule has 0 bridgehead atoms. The van der Waals surface area contributed by atoms with Crippen molar-refractivity contribution in [1.82, 2.24) is 4.90 Å². The first-order valence-corrected chi connectivity index (χ1v) is 6.67. The van der Waals surface area contributed by atoms with Gasteiger partial charge in [0, 0.05) is 18.5 Å². The molecule has 1 spiro atoms. The summed E-state index contributed by atoms with van der Waals surface area (Å²) in [4.78, 5) is 14.0. The molecule has 1 amide bonds. The Bertz CT molecular complexity index is 425. The van der Waals surface area contributed by atoms with Gasteiger partial charge in [-0.15, -0.1) is 0 Å². The molecule has 0 N–H and O–H groups in total. The van der Waals surface area contributed by atoms with Gasteiger partial charge in [-0.2, -0.15) is 0 Å². The van der Waals surface area contributed by atoms with E-state index in [1.165, 1.54) is 24.8 Å². The molecule has 18 heavy (non-hydrogen) atoms. The van der Waals surface area contributed by atoms with Crippen molar-refractivity contribution in [3.05, 3.63) is 35.9 Å². The molecule has 0 radical (unpaired) electrons. The second-order valence-corrected chi connectivity index (χ2v) is 5.58. The van der Waals surface area contributed by atoms with Gasteiger partial charge in [0.2, 0.25) is 5.91 Å². The van der Waals surface area contributed by atoms with Crippen LogP contribution in [0.5, 0.6) is 0 Å². The van der Waals surface area contributed by atoms with E-state index >= 15 is 0 Å². The van der Waals surface area contributed by atoms with Gasteiger partial charge in [0.1, 0.15) is 6.61 Å². The van der Waals surface area contributed by atoms with Gasteiger partial charge in [-0.05, 0) is 18.4 Å². The second-order valence-electron chi connectivity index (χ2n) is 5.58. The van der Waals surface area contributed by atoms with Crippen LogP contribution in [0.1, 0.15) is 24.8 Å². The molecule has 0 unspecified atom stereocenters. The summed E-state index contributed by atoms with van der Waals surface area (Å²) in [5.74, 6) is 0.127. The van der Waals surface area contributed by atoms with Gasteiger partial charge in [-0.25, -0.2) is 0 Å². The highest BCUT2D eigenvalue weighted by Crippen LogP contribution is 2.43. The van der Waals surface area contributed by atoms with Gasteiger partial charge in [-0.1, -0.05) is 36.8 Å². The topological polar surface area (TPSA) is 29.5 Å². The van der Waals surface area contributed by atoms with Crippen LogP contribution >= 0.6 is 0 Å². The van der Waals surface area contributed by atoms with Crippen molar-refractivity contribution >= 4 is 5.91 Å². The van der Waals surface area contributed by atoms with E-state index in [4.69, 9.17) is 4.74 Å². The molecule has 1 aromatic rings. The molecule has 1 aromatic carbocycles. The van der Waals surface area contributed by atoms with Gasteiger partial charge >= 0.3 is 0 Å². The average Bonchev–Trinajstić information content (AvgIpc) is 2.51. The molecule has 3 nitrogen and oxygen atoms in total. The number of hydrogen-bond acceptors (Lipinski definition) is 2. The van der Waals surface area contributed by atoms with Crippen LogP contribution in [0.4, 0.5) is 0 Å². The number of ether oxygens (including phenoxy) is 1. The molecule has 1 aliphatic carbocycles. The standard InChI is InChI=1S/C15H19NO2/c17-14-10-18-12-15(7-4-8-15)11-16(14)9-13-5-2-1-3-6-13/h1-3,5-6H,4,7-12H2. The van der Waals surface area contributed by atoms with Gasteiger partial charge in [0.05, 0.1) is 6.61 Å². The number of hydrogen-bond donors (Lipinski definition) is 0. The van der Waals surface area contributed by atoms with Gasteiger partial charge < -0.3 is 9.64 Å². The van der Waals surface area contributed by atoms with E-state index in [1.54, 1.807) is 0 Å². The Balaban J connectivity index is 1.74. The SMILES string of the molecule is O=C1COCC2(CCC2)CN1Cc1ccccc1. The van der Waals surface area contributed by atoms with Crippen LogP contribution in [0, 0.1) is 5.41 Å². The largest absolute Gasteiger partial charge is 0.371 e. The van der Waals surface area contributed by atoms with E-state index < -0.39 is 0 Å². The molecule has 1 aliphatic heterocycles. The summed E-state index contributed by atoms with van der Waals surface area (Å²) in [5, 5.41) is 0. The van der Waals surface area contributed by atoms with E-state index in [-0.39, 0.29) is 17.9 Å². The van der Waals surface area contributed by atoms with Crippen molar-refractivity contribution in [2.75, 3.05) is 19.8 Å². The van der Waals surface area contributed by atoms with Crippen LogP contribution in [0.2, 0.25) is 0 Å². The minimum absolute atomic E-state index is 0.127. The lowest BCUT2D eigenvalue weighted by Gasteiger charge is -2.42. The summed E-state index contributed by atoms with van der Waals surface area (Å²) >= 11 is 0. The molecule has 2 aliphatic rings. The molecule has 96 valence electrons. The average molecular weight is 245 g/mol. The van der Waals surface area contributed by atoms with Crippen molar-refractivity contribution < 1.29 is 9.53 Å².